The number of para-hydroxylation sites is 1. The third-order valence-electron chi connectivity index (χ3n) is 4.43. The molecule has 2 rings (SSSR count). The average Bonchev–Trinajstić information content (AvgIpc) is 2.65. The first-order valence-electron chi connectivity index (χ1n) is 8.33. The maximum absolute atomic E-state index is 12.3. The van der Waals surface area contributed by atoms with Crippen LogP contribution in [-0.4, -0.2) is 45.7 Å². The molecule has 1 heterocycles. The molecular weight excluding hydrogens is 344 g/mol. The van der Waals surface area contributed by atoms with Gasteiger partial charge in [-0.05, 0) is 44.0 Å². The molecule has 2 N–H and O–H groups in total. The van der Waals surface area contributed by atoms with E-state index in [9.17, 15) is 9.59 Å². The van der Waals surface area contributed by atoms with E-state index in [1.54, 1.807) is 7.11 Å². The zero-order chi connectivity index (χ0) is 17.4. The average molecular weight is 371 g/mol. The molecule has 0 bridgehead atoms. The van der Waals surface area contributed by atoms with E-state index in [0.29, 0.717) is 6.42 Å². The van der Waals surface area contributed by atoms with Gasteiger partial charge in [0.25, 0.3) is 0 Å². The number of halogens is 1. The molecular formula is C18H27ClN2O4. The molecule has 7 heteroatoms. The molecule has 1 aromatic carbocycles. The number of carbonyl (C=O) groups is 2. The fourth-order valence-corrected chi connectivity index (χ4v) is 2.99. The summed E-state index contributed by atoms with van der Waals surface area (Å²) in [4.78, 5) is 24.4. The Kier molecular flexibility index (Phi) is 9.31. The van der Waals surface area contributed by atoms with Gasteiger partial charge in [0.1, 0.15) is 5.75 Å². The number of carbonyl (C=O) groups excluding carboxylic acids is 2. The van der Waals surface area contributed by atoms with Crippen LogP contribution in [0.2, 0.25) is 0 Å². The van der Waals surface area contributed by atoms with Gasteiger partial charge < -0.3 is 20.1 Å². The highest BCUT2D eigenvalue weighted by Gasteiger charge is 2.25. The van der Waals surface area contributed by atoms with Crippen molar-refractivity contribution in [3.63, 3.8) is 0 Å². The minimum Gasteiger partial charge on any atom is -0.496 e. The minimum absolute atomic E-state index is 0. The molecule has 1 aromatic rings. The van der Waals surface area contributed by atoms with Crippen LogP contribution >= 0.6 is 12.4 Å². The highest BCUT2D eigenvalue weighted by Crippen LogP contribution is 2.21. The Labute approximate surface area is 155 Å². The first-order chi connectivity index (χ1) is 11.7. The van der Waals surface area contributed by atoms with Crippen LogP contribution < -0.4 is 15.4 Å². The van der Waals surface area contributed by atoms with Crippen molar-refractivity contribution in [1.82, 2.24) is 10.6 Å². The maximum Gasteiger partial charge on any atom is 0.310 e. The summed E-state index contributed by atoms with van der Waals surface area (Å²) in [5.74, 6) is 0.0146. The lowest BCUT2D eigenvalue weighted by atomic mass is 9.95. The molecule has 1 saturated heterocycles. The van der Waals surface area contributed by atoms with E-state index in [2.05, 4.69) is 10.6 Å². The van der Waals surface area contributed by atoms with Crippen molar-refractivity contribution in [1.29, 1.82) is 0 Å². The molecule has 0 saturated carbocycles. The van der Waals surface area contributed by atoms with Gasteiger partial charge in [-0.3, -0.25) is 9.59 Å². The number of rotatable bonds is 7. The standard InChI is InChI=1S/C18H26N2O4.ClH/c1-23-16-6-4-3-5-14(16)11-15(18(22)24-2)12-20-17(21)13-7-9-19-10-8-13;/h3-6,13,15,19H,7-12H2,1-2H3,(H,20,21);1H. The molecule has 0 aromatic heterocycles. The fraction of sp³-hybridized carbons (Fsp3) is 0.556. The predicted octanol–water partition coefficient (Wildman–Crippen LogP) is 1.56. The number of ether oxygens (including phenoxy) is 2. The lowest BCUT2D eigenvalue weighted by Gasteiger charge is -2.23. The van der Waals surface area contributed by atoms with Crippen LogP contribution in [0.4, 0.5) is 0 Å². The summed E-state index contributed by atoms with van der Waals surface area (Å²) in [5.41, 5.74) is 0.923. The lowest BCUT2D eigenvalue weighted by molar-refractivity contribution is -0.145. The van der Waals surface area contributed by atoms with Crippen LogP contribution in [0.15, 0.2) is 24.3 Å². The van der Waals surface area contributed by atoms with Crippen molar-refractivity contribution in [3.8, 4) is 5.75 Å². The predicted molar refractivity (Wildman–Crippen MR) is 98.1 cm³/mol. The zero-order valence-corrected chi connectivity index (χ0v) is 15.6. The SMILES string of the molecule is COC(=O)C(CNC(=O)C1CCNCC1)Cc1ccccc1OC.Cl. The number of piperidine rings is 1. The molecule has 1 aliphatic heterocycles. The summed E-state index contributed by atoms with van der Waals surface area (Å²) in [6.45, 7) is 1.99. The Morgan fingerprint density at radius 2 is 1.92 bits per heavy atom. The Hall–Kier alpha value is -1.79. The number of benzene rings is 1. The Balaban J connectivity index is 0.00000312. The molecule has 140 valence electrons. The largest absolute Gasteiger partial charge is 0.496 e. The second-order valence-electron chi connectivity index (χ2n) is 6.01. The van der Waals surface area contributed by atoms with Crippen LogP contribution in [0.3, 0.4) is 0 Å². The summed E-state index contributed by atoms with van der Waals surface area (Å²) >= 11 is 0. The van der Waals surface area contributed by atoms with Crippen molar-refractivity contribution in [2.75, 3.05) is 33.9 Å². The Morgan fingerprint density at radius 3 is 2.56 bits per heavy atom. The van der Waals surface area contributed by atoms with Crippen molar-refractivity contribution < 1.29 is 19.1 Å². The number of amides is 1. The smallest absolute Gasteiger partial charge is 0.310 e. The fourth-order valence-electron chi connectivity index (χ4n) is 2.99. The monoisotopic (exact) mass is 370 g/mol. The second kappa shape index (κ2) is 10.9. The van der Waals surface area contributed by atoms with E-state index in [0.717, 1.165) is 37.2 Å². The number of esters is 1. The van der Waals surface area contributed by atoms with Gasteiger partial charge in [-0.2, -0.15) is 0 Å². The first kappa shape index (κ1) is 21.3. The van der Waals surface area contributed by atoms with E-state index < -0.39 is 5.92 Å². The molecule has 1 amide bonds. The second-order valence-corrected chi connectivity index (χ2v) is 6.01. The van der Waals surface area contributed by atoms with Crippen molar-refractivity contribution >= 4 is 24.3 Å². The number of hydrogen-bond acceptors (Lipinski definition) is 5. The van der Waals surface area contributed by atoms with Gasteiger partial charge in [0.2, 0.25) is 5.91 Å². The maximum atomic E-state index is 12.3. The molecule has 1 fully saturated rings. The topological polar surface area (TPSA) is 76.7 Å². The van der Waals surface area contributed by atoms with Gasteiger partial charge in [-0.15, -0.1) is 12.4 Å². The van der Waals surface area contributed by atoms with Crippen LogP contribution in [0.25, 0.3) is 0 Å². The number of methoxy groups -OCH3 is 2. The highest BCUT2D eigenvalue weighted by molar-refractivity contribution is 5.85. The summed E-state index contributed by atoms with van der Waals surface area (Å²) in [6.07, 6.45) is 2.13. The molecule has 0 radical (unpaired) electrons. The third-order valence-corrected chi connectivity index (χ3v) is 4.43. The van der Waals surface area contributed by atoms with Crippen LogP contribution in [0.5, 0.6) is 5.75 Å². The molecule has 25 heavy (non-hydrogen) atoms. The van der Waals surface area contributed by atoms with Gasteiger partial charge in [0.05, 0.1) is 20.1 Å². The molecule has 1 aliphatic rings. The third kappa shape index (κ3) is 6.21. The van der Waals surface area contributed by atoms with E-state index in [4.69, 9.17) is 9.47 Å². The first-order valence-corrected chi connectivity index (χ1v) is 8.33. The molecule has 6 nitrogen and oxygen atoms in total. The van der Waals surface area contributed by atoms with Crippen molar-refractivity contribution in [3.05, 3.63) is 29.8 Å². The Bertz CT molecular complexity index is 562. The summed E-state index contributed by atoms with van der Waals surface area (Å²) in [6, 6.07) is 7.56. The molecule has 1 atom stereocenters. The minimum atomic E-state index is -0.433. The summed E-state index contributed by atoms with van der Waals surface area (Å²) in [7, 11) is 2.97. The van der Waals surface area contributed by atoms with Crippen molar-refractivity contribution in [2.24, 2.45) is 11.8 Å². The normalized spacial score (nSPS) is 15.6. The number of hydrogen-bond donors (Lipinski definition) is 2. The molecule has 1 unspecified atom stereocenters. The van der Waals surface area contributed by atoms with E-state index in [1.807, 2.05) is 24.3 Å². The number of nitrogens with one attached hydrogen (secondary N) is 2. The summed E-state index contributed by atoms with van der Waals surface area (Å²) < 4.78 is 10.2. The van der Waals surface area contributed by atoms with Gasteiger partial charge in [0, 0.05) is 12.5 Å². The van der Waals surface area contributed by atoms with Crippen molar-refractivity contribution in [2.45, 2.75) is 19.3 Å². The molecule has 0 spiro atoms. The van der Waals surface area contributed by atoms with Gasteiger partial charge in [-0.1, -0.05) is 18.2 Å². The van der Waals surface area contributed by atoms with Crippen LogP contribution in [0.1, 0.15) is 18.4 Å². The Morgan fingerprint density at radius 1 is 1.24 bits per heavy atom. The highest BCUT2D eigenvalue weighted by atomic mass is 35.5. The van der Waals surface area contributed by atoms with Crippen LogP contribution in [-0.2, 0) is 20.7 Å². The van der Waals surface area contributed by atoms with E-state index >= 15 is 0 Å². The van der Waals surface area contributed by atoms with Crippen LogP contribution in [0, 0.1) is 11.8 Å². The quantitative estimate of drug-likeness (QED) is 0.712. The molecule has 0 aliphatic carbocycles. The van der Waals surface area contributed by atoms with E-state index in [1.165, 1.54) is 7.11 Å². The zero-order valence-electron chi connectivity index (χ0n) is 14.7. The summed E-state index contributed by atoms with van der Waals surface area (Å²) in [5, 5.41) is 6.16. The van der Waals surface area contributed by atoms with Gasteiger partial charge in [-0.25, -0.2) is 0 Å². The lowest BCUT2D eigenvalue weighted by Crippen LogP contribution is -2.41. The van der Waals surface area contributed by atoms with E-state index in [-0.39, 0.29) is 36.7 Å². The van der Waals surface area contributed by atoms with Gasteiger partial charge >= 0.3 is 5.97 Å². The van der Waals surface area contributed by atoms with Gasteiger partial charge in [0.15, 0.2) is 0 Å².